The molecule has 27 heavy (non-hydrogen) atoms. The quantitative estimate of drug-likeness (QED) is 0.768. The van der Waals surface area contributed by atoms with Crippen LogP contribution in [0.25, 0.3) is 11.0 Å². The Morgan fingerprint density at radius 1 is 1.30 bits per heavy atom. The fraction of sp³-hybridized carbons (Fsp3) is 0.556. The molecule has 1 fully saturated rings. The third-order valence-electron chi connectivity index (χ3n) is 5.01. The van der Waals surface area contributed by atoms with Crippen molar-refractivity contribution in [2.45, 2.75) is 57.7 Å². The van der Waals surface area contributed by atoms with Crippen molar-refractivity contribution in [2.75, 3.05) is 5.32 Å². The highest BCUT2D eigenvalue weighted by Gasteiger charge is 2.66. The highest BCUT2D eigenvalue weighted by molar-refractivity contribution is 5.92. The molecule has 148 valence electrons. The first-order chi connectivity index (χ1) is 12.2. The van der Waals surface area contributed by atoms with Crippen LogP contribution in [0.5, 0.6) is 0 Å². The third kappa shape index (κ3) is 3.17. The highest BCUT2D eigenvalue weighted by Crippen LogP contribution is 2.55. The standard InChI is InChI=1S/C18H20F5N3O/c1-16(2,3)26-14-11(20)6-10(19)7-12(14)24-15(26)25-13(27)5-9-8-18(22,23)17(9,4)21/h6-7,9H,5,8H2,1-4H3,(H,24,25,27). The molecule has 0 spiro atoms. The number of amides is 1. The van der Waals surface area contributed by atoms with E-state index in [0.717, 1.165) is 13.0 Å². The van der Waals surface area contributed by atoms with Gasteiger partial charge in [-0.1, -0.05) is 0 Å². The Balaban J connectivity index is 1.91. The SMILES string of the molecule is CC(C)(C)n1c(NC(=O)CC2CC(F)(F)C2(C)F)nc2cc(F)cc(F)c21. The van der Waals surface area contributed by atoms with Crippen molar-refractivity contribution in [3.8, 4) is 0 Å². The Kier molecular flexibility index (Phi) is 4.28. The number of fused-ring (bicyclic) bond motifs is 1. The summed E-state index contributed by atoms with van der Waals surface area (Å²) in [5.74, 6) is -7.03. The van der Waals surface area contributed by atoms with Gasteiger partial charge >= 0.3 is 0 Å². The summed E-state index contributed by atoms with van der Waals surface area (Å²) in [6.07, 6.45) is -1.18. The van der Waals surface area contributed by atoms with Gasteiger partial charge in [-0.05, 0) is 27.7 Å². The van der Waals surface area contributed by atoms with Crippen LogP contribution in [0.2, 0.25) is 0 Å². The summed E-state index contributed by atoms with van der Waals surface area (Å²) in [6.45, 7) is 5.98. The van der Waals surface area contributed by atoms with Gasteiger partial charge in [-0.25, -0.2) is 26.9 Å². The normalized spacial score (nSPS) is 24.7. The molecule has 0 aliphatic heterocycles. The van der Waals surface area contributed by atoms with Crippen molar-refractivity contribution < 1.29 is 26.7 Å². The van der Waals surface area contributed by atoms with Gasteiger partial charge in [-0.3, -0.25) is 10.1 Å². The number of hydrogen-bond donors (Lipinski definition) is 1. The summed E-state index contributed by atoms with van der Waals surface area (Å²) < 4.78 is 69.8. The first-order valence-electron chi connectivity index (χ1n) is 8.48. The van der Waals surface area contributed by atoms with Crippen LogP contribution < -0.4 is 5.32 Å². The molecule has 0 radical (unpaired) electrons. The van der Waals surface area contributed by atoms with E-state index in [9.17, 15) is 26.7 Å². The zero-order valence-electron chi connectivity index (χ0n) is 15.3. The molecule has 1 saturated carbocycles. The monoisotopic (exact) mass is 389 g/mol. The topological polar surface area (TPSA) is 46.9 Å². The zero-order chi connectivity index (χ0) is 20.4. The molecule has 1 N–H and O–H groups in total. The van der Waals surface area contributed by atoms with Crippen molar-refractivity contribution >= 4 is 22.9 Å². The number of benzene rings is 1. The van der Waals surface area contributed by atoms with Crippen LogP contribution in [0.1, 0.15) is 40.5 Å². The second-order valence-corrected chi connectivity index (χ2v) is 8.13. The lowest BCUT2D eigenvalue weighted by atomic mass is 9.67. The molecule has 2 atom stereocenters. The van der Waals surface area contributed by atoms with Crippen LogP contribution in [0, 0.1) is 17.6 Å². The summed E-state index contributed by atoms with van der Waals surface area (Å²) in [6, 6.07) is 1.74. The fourth-order valence-corrected chi connectivity index (χ4v) is 3.40. The molecule has 1 aliphatic rings. The smallest absolute Gasteiger partial charge is 0.281 e. The highest BCUT2D eigenvalue weighted by atomic mass is 19.3. The van der Waals surface area contributed by atoms with E-state index in [2.05, 4.69) is 10.3 Å². The Labute approximate surface area is 152 Å². The van der Waals surface area contributed by atoms with Gasteiger partial charge in [0.25, 0.3) is 5.92 Å². The van der Waals surface area contributed by atoms with E-state index in [1.807, 2.05) is 0 Å². The molecule has 1 amide bonds. The van der Waals surface area contributed by atoms with Crippen LogP contribution in [0.3, 0.4) is 0 Å². The average Bonchev–Trinajstić information content (AvgIpc) is 2.84. The zero-order valence-corrected chi connectivity index (χ0v) is 15.3. The van der Waals surface area contributed by atoms with Gasteiger partial charge < -0.3 is 4.57 Å². The van der Waals surface area contributed by atoms with Crippen molar-refractivity contribution in [1.29, 1.82) is 0 Å². The lowest BCUT2D eigenvalue weighted by Gasteiger charge is -2.47. The maximum absolute atomic E-state index is 14.3. The number of carbonyl (C=O) groups excluding carboxylic acids is 1. The van der Waals surface area contributed by atoms with E-state index in [4.69, 9.17) is 0 Å². The number of halogens is 5. The minimum Gasteiger partial charge on any atom is -0.302 e. The number of imidazole rings is 1. The lowest BCUT2D eigenvalue weighted by Crippen LogP contribution is -2.60. The molecule has 2 aromatic rings. The Morgan fingerprint density at radius 3 is 2.44 bits per heavy atom. The third-order valence-corrected chi connectivity index (χ3v) is 5.01. The summed E-state index contributed by atoms with van der Waals surface area (Å²) in [7, 11) is 0. The number of aromatic nitrogens is 2. The maximum Gasteiger partial charge on any atom is 0.281 e. The number of anilines is 1. The molecule has 0 saturated heterocycles. The van der Waals surface area contributed by atoms with E-state index in [-0.39, 0.29) is 17.0 Å². The largest absolute Gasteiger partial charge is 0.302 e. The number of nitrogens with one attached hydrogen (secondary N) is 1. The predicted octanol–water partition coefficient (Wildman–Crippen LogP) is 4.78. The molecule has 9 heteroatoms. The van der Waals surface area contributed by atoms with Crippen molar-refractivity contribution in [2.24, 2.45) is 5.92 Å². The van der Waals surface area contributed by atoms with E-state index < -0.39 is 53.4 Å². The van der Waals surface area contributed by atoms with Crippen LogP contribution in [-0.2, 0) is 10.3 Å². The Bertz CT molecular complexity index is 914. The number of nitrogens with zero attached hydrogens (tertiary/aromatic N) is 2. The molecule has 1 heterocycles. The molecule has 2 unspecified atom stereocenters. The summed E-state index contributed by atoms with van der Waals surface area (Å²) >= 11 is 0. The summed E-state index contributed by atoms with van der Waals surface area (Å²) in [4.78, 5) is 16.3. The number of carbonyl (C=O) groups is 1. The first-order valence-corrected chi connectivity index (χ1v) is 8.48. The van der Waals surface area contributed by atoms with Crippen LogP contribution in [0.15, 0.2) is 12.1 Å². The van der Waals surface area contributed by atoms with Gasteiger partial charge in [0.05, 0.1) is 5.52 Å². The van der Waals surface area contributed by atoms with Crippen LogP contribution >= 0.6 is 0 Å². The predicted molar refractivity (Wildman–Crippen MR) is 90.5 cm³/mol. The number of rotatable bonds is 3. The fourth-order valence-electron chi connectivity index (χ4n) is 3.40. The second-order valence-electron chi connectivity index (χ2n) is 8.13. The van der Waals surface area contributed by atoms with E-state index in [0.29, 0.717) is 6.07 Å². The number of hydrogen-bond acceptors (Lipinski definition) is 2. The molecule has 0 bridgehead atoms. The van der Waals surface area contributed by atoms with Crippen molar-refractivity contribution in [1.82, 2.24) is 9.55 Å². The molecular weight excluding hydrogens is 369 g/mol. The molecule has 3 rings (SSSR count). The molecule has 1 aromatic carbocycles. The maximum atomic E-state index is 14.3. The van der Waals surface area contributed by atoms with Gasteiger partial charge in [0.1, 0.15) is 11.3 Å². The van der Waals surface area contributed by atoms with E-state index in [1.54, 1.807) is 20.8 Å². The van der Waals surface area contributed by atoms with Crippen molar-refractivity contribution in [3.63, 3.8) is 0 Å². The Hall–Kier alpha value is -2.19. The summed E-state index contributed by atoms with van der Waals surface area (Å²) in [5.41, 5.74) is -3.48. The van der Waals surface area contributed by atoms with Gasteiger partial charge in [0.15, 0.2) is 11.5 Å². The molecule has 4 nitrogen and oxygen atoms in total. The van der Waals surface area contributed by atoms with Crippen LogP contribution in [0.4, 0.5) is 27.9 Å². The molecule has 1 aromatic heterocycles. The van der Waals surface area contributed by atoms with Gasteiger partial charge in [-0.2, -0.15) is 0 Å². The van der Waals surface area contributed by atoms with Crippen molar-refractivity contribution in [3.05, 3.63) is 23.8 Å². The minimum absolute atomic E-state index is 0.00299. The first kappa shape index (κ1) is 19.6. The second kappa shape index (κ2) is 5.90. The van der Waals surface area contributed by atoms with Crippen LogP contribution in [-0.4, -0.2) is 27.0 Å². The van der Waals surface area contributed by atoms with Gasteiger partial charge in [0.2, 0.25) is 11.9 Å². The molecular formula is C18H20F5N3O. The van der Waals surface area contributed by atoms with E-state index in [1.165, 1.54) is 4.57 Å². The molecule has 1 aliphatic carbocycles. The minimum atomic E-state index is -3.46. The Morgan fingerprint density at radius 2 is 1.93 bits per heavy atom. The average molecular weight is 389 g/mol. The lowest BCUT2D eigenvalue weighted by molar-refractivity contribution is -0.242. The van der Waals surface area contributed by atoms with E-state index >= 15 is 0 Å². The van der Waals surface area contributed by atoms with Gasteiger partial charge in [0, 0.05) is 36.4 Å². The van der Waals surface area contributed by atoms with Gasteiger partial charge in [-0.15, -0.1) is 0 Å². The number of alkyl halides is 3. The summed E-state index contributed by atoms with van der Waals surface area (Å²) in [5, 5.41) is 2.43.